The van der Waals surface area contributed by atoms with Crippen molar-refractivity contribution in [1.82, 2.24) is 20.0 Å². The molecule has 0 amide bonds. The second-order valence-corrected chi connectivity index (χ2v) is 17.7. The van der Waals surface area contributed by atoms with E-state index in [0.717, 1.165) is 28.8 Å². The van der Waals surface area contributed by atoms with Crippen molar-refractivity contribution >= 4 is 42.4 Å². The van der Waals surface area contributed by atoms with Crippen molar-refractivity contribution in [3.8, 4) is 11.1 Å². The van der Waals surface area contributed by atoms with E-state index in [1.54, 1.807) is 6.07 Å². The molecule has 0 bridgehead atoms. The molecule has 0 spiro atoms. The lowest BCUT2D eigenvalue weighted by atomic mass is 9.78. The molecule has 7 rings (SSSR count). The number of halogens is 2. The summed E-state index contributed by atoms with van der Waals surface area (Å²) in [5.41, 5.74) is -0.314. The molecule has 15 heteroatoms. The van der Waals surface area contributed by atoms with Gasteiger partial charge in [0.15, 0.2) is 0 Å². The minimum Gasteiger partial charge on any atom is -0.396 e. The summed E-state index contributed by atoms with van der Waals surface area (Å²) in [6.45, 7) is 1.96. The largest absolute Gasteiger partial charge is 0.399 e. The Hall–Kier alpha value is -4.97. The van der Waals surface area contributed by atoms with Crippen LogP contribution in [0.2, 0.25) is 0 Å². The number of aliphatic hydroxyl groups excluding tert-OH is 1. The highest BCUT2D eigenvalue weighted by Gasteiger charge is 2.50. The number of benzene rings is 5. The summed E-state index contributed by atoms with van der Waals surface area (Å²) >= 11 is 0. The second kappa shape index (κ2) is 15.8. The van der Waals surface area contributed by atoms with Gasteiger partial charge < -0.3 is 24.7 Å². The number of aryl methyl sites for hydroxylation is 1. The minimum absolute atomic E-state index is 0.0372. The summed E-state index contributed by atoms with van der Waals surface area (Å²) in [6, 6.07) is 36.5. The van der Waals surface area contributed by atoms with Gasteiger partial charge in [0.2, 0.25) is 0 Å². The van der Waals surface area contributed by atoms with Crippen LogP contribution in [0.3, 0.4) is 0 Å². The van der Waals surface area contributed by atoms with Crippen molar-refractivity contribution in [1.29, 1.82) is 0 Å². The SMILES string of the molecule is CC(CO)CCc1ccc2cc(-c3ccc(CC(Cc4ccc(C(F)(F)P(=O)(O)O)cc4)(c4ccccc4)n4nnc5ccccc54)cc3)cc(P(=O)(O)O)c2n1. The maximum Gasteiger partial charge on any atom is 0.399 e. The summed E-state index contributed by atoms with van der Waals surface area (Å²) in [7, 11) is -10.5. The van der Waals surface area contributed by atoms with Crippen LogP contribution in [0.25, 0.3) is 33.1 Å². The first-order valence-corrected chi connectivity index (χ1v) is 21.4. The predicted octanol–water partition coefficient (Wildman–Crippen LogP) is 7.47. The van der Waals surface area contributed by atoms with Crippen LogP contribution in [0.15, 0.2) is 127 Å². The quantitative estimate of drug-likeness (QED) is 0.0692. The number of pyridine rings is 1. The first-order chi connectivity index (χ1) is 27.1. The van der Waals surface area contributed by atoms with Crippen molar-refractivity contribution in [2.24, 2.45) is 5.92 Å². The van der Waals surface area contributed by atoms with Crippen molar-refractivity contribution < 1.29 is 42.6 Å². The fourth-order valence-electron chi connectivity index (χ4n) is 7.22. The monoisotopic (exact) mass is 812 g/mol. The third kappa shape index (κ3) is 8.24. The van der Waals surface area contributed by atoms with E-state index in [9.17, 15) is 42.6 Å². The van der Waals surface area contributed by atoms with Crippen molar-refractivity contribution in [3.63, 3.8) is 0 Å². The summed E-state index contributed by atoms with van der Waals surface area (Å²) < 4.78 is 55.5. The molecule has 57 heavy (non-hydrogen) atoms. The van der Waals surface area contributed by atoms with Crippen molar-refractivity contribution in [2.75, 3.05) is 6.61 Å². The molecule has 2 unspecified atom stereocenters. The van der Waals surface area contributed by atoms with Gasteiger partial charge in [-0.25, -0.2) is 4.68 Å². The fourth-order valence-corrected chi connectivity index (χ4v) is 8.47. The smallest absolute Gasteiger partial charge is 0.396 e. The van der Waals surface area contributed by atoms with Gasteiger partial charge in [-0.3, -0.25) is 14.1 Å². The van der Waals surface area contributed by atoms with Crippen molar-refractivity contribution in [2.45, 2.75) is 43.8 Å². The molecule has 294 valence electrons. The van der Waals surface area contributed by atoms with E-state index in [1.807, 2.05) is 103 Å². The summed E-state index contributed by atoms with van der Waals surface area (Å²) in [5, 5.41) is 18.9. The number of hydrogen-bond donors (Lipinski definition) is 5. The van der Waals surface area contributed by atoms with E-state index >= 15 is 0 Å². The van der Waals surface area contributed by atoms with Gasteiger partial charge in [0, 0.05) is 36.1 Å². The molecule has 2 aromatic heterocycles. The van der Waals surface area contributed by atoms with Gasteiger partial charge in [-0.1, -0.05) is 109 Å². The first kappa shape index (κ1) is 40.2. The van der Waals surface area contributed by atoms with Gasteiger partial charge >= 0.3 is 20.9 Å². The van der Waals surface area contributed by atoms with Gasteiger partial charge in [-0.05, 0) is 76.9 Å². The molecule has 0 saturated carbocycles. The molecule has 11 nitrogen and oxygen atoms in total. The Morgan fingerprint density at radius 1 is 0.737 bits per heavy atom. The molecule has 0 radical (unpaired) electrons. The average molecular weight is 813 g/mol. The third-order valence-corrected chi connectivity index (χ3v) is 12.3. The van der Waals surface area contributed by atoms with Crippen molar-refractivity contribution in [3.05, 3.63) is 155 Å². The van der Waals surface area contributed by atoms with Crippen LogP contribution < -0.4 is 5.30 Å². The zero-order valence-electron chi connectivity index (χ0n) is 30.7. The number of hydrogen-bond acceptors (Lipinski definition) is 6. The normalized spacial score (nSPS) is 14.2. The predicted molar refractivity (Wildman–Crippen MR) is 214 cm³/mol. The Morgan fingerprint density at radius 3 is 2.00 bits per heavy atom. The molecule has 0 aliphatic heterocycles. The number of rotatable bonds is 14. The zero-order valence-corrected chi connectivity index (χ0v) is 32.5. The highest BCUT2D eigenvalue weighted by molar-refractivity contribution is 7.60. The van der Waals surface area contributed by atoms with Crippen LogP contribution in [0.1, 0.15) is 41.3 Å². The number of nitrogens with zero attached hydrogens (tertiary/aromatic N) is 4. The van der Waals surface area contributed by atoms with Crippen LogP contribution in [0.5, 0.6) is 0 Å². The average Bonchev–Trinajstić information content (AvgIpc) is 3.64. The number of aromatic nitrogens is 4. The number of fused-ring (bicyclic) bond motifs is 2. The van der Waals surface area contributed by atoms with Gasteiger partial charge in [0.05, 0.1) is 21.9 Å². The molecule has 2 heterocycles. The Morgan fingerprint density at radius 2 is 1.37 bits per heavy atom. The summed E-state index contributed by atoms with van der Waals surface area (Å²) in [6.07, 6.45) is 1.78. The maximum absolute atomic E-state index is 14.6. The molecular formula is C42H40F2N4O7P2. The van der Waals surface area contributed by atoms with Crippen LogP contribution in [0.4, 0.5) is 8.78 Å². The summed E-state index contributed by atoms with van der Waals surface area (Å²) in [4.78, 5) is 44.1. The molecule has 0 aliphatic rings. The molecule has 7 aromatic rings. The molecule has 0 aliphatic carbocycles. The Labute approximate surface area is 327 Å². The number of aliphatic hydroxyl groups is 1. The third-order valence-electron chi connectivity index (χ3n) is 10.4. The van der Waals surface area contributed by atoms with E-state index in [1.165, 1.54) is 18.2 Å². The molecular weight excluding hydrogens is 772 g/mol. The fraction of sp³-hybridized carbons (Fsp3) is 0.214. The lowest BCUT2D eigenvalue weighted by molar-refractivity contribution is 0.0564. The van der Waals surface area contributed by atoms with Gasteiger partial charge in [-0.2, -0.15) is 8.78 Å². The second-order valence-electron chi connectivity index (χ2n) is 14.5. The van der Waals surface area contributed by atoms with Crippen LogP contribution in [-0.2, 0) is 39.6 Å². The lowest BCUT2D eigenvalue weighted by Gasteiger charge is -2.36. The van der Waals surface area contributed by atoms with Crippen LogP contribution in [0, 0.1) is 5.92 Å². The van der Waals surface area contributed by atoms with Gasteiger partial charge in [-0.15, -0.1) is 5.10 Å². The number of para-hydroxylation sites is 1. The van der Waals surface area contributed by atoms with E-state index in [2.05, 4.69) is 15.3 Å². The molecule has 5 N–H and O–H groups in total. The minimum atomic E-state index is -5.77. The summed E-state index contributed by atoms with van der Waals surface area (Å²) in [5.74, 6) is 0.0627. The zero-order chi connectivity index (χ0) is 40.6. The van der Waals surface area contributed by atoms with Gasteiger partial charge in [0.1, 0.15) is 5.52 Å². The molecule has 5 aromatic carbocycles. The van der Waals surface area contributed by atoms with Crippen LogP contribution >= 0.6 is 15.2 Å². The molecule has 0 saturated heterocycles. The van der Waals surface area contributed by atoms with E-state index in [-0.39, 0.29) is 29.8 Å². The lowest BCUT2D eigenvalue weighted by Crippen LogP contribution is -2.40. The Kier molecular flexibility index (Phi) is 11.1. The number of alkyl halides is 2. The van der Waals surface area contributed by atoms with E-state index in [0.29, 0.717) is 52.5 Å². The first-order valence-electron chi connectivity index (χ1n) is 18.2. The van der Waals surface area contributed by atoms with E-state index in [4.69, 9.17) is 0 Å². The highest BCUT2D eigenvalue weighted by atomic mass is 31.2. The topological polar surface area (TPSA) is 179 Å². The Balaban J connectivity index is 1.30. The Bertz CT molecular complexity index is 2630. The highest BCUT2D eigenvalue weighted by Crippen LogP contribution is 2.59. The maximum atomic E-state index is 14.6. The van der Waals surface area contributed by atoms with Gasteiger partial charge in [0.25, 0.3) is 0 Å². The standard InChI is InChI=1S/C42H40F2N4O7P2/c1-28(27-49)11-21-36-22-18-32-23-33(24-39(40(32)45-36)56(50,51)52)31-16-12-29(13-17-31)25-41(34-7-3-2-4-8-34,48-38-10-6-5-9-37(38)46-47-48)26-30-14-19-35(20-15-30)42(43,44)57(53,54)55/h2-10,12-20,22-24,28,49H,11,21,25-27H2,1H3,(H2,50,51,52)(H2,53,54,55). The van der Waals surface area contributed by atoms with E-state index < -0.39 is 32.0 Å². The van der Waals surface area contributed by atoms with Crippen LogP contribution in [-0.4, -0.2) is 51.3 Å². The molecule has 0 fully saturated rings. The molecule has 2 atom stereocenters.